The van der Waals surface area contributed by atoms with Gasteiger partial charge in [0.15, 0.2) is 6.61 Å². The van der Waals surface area contributed by atoms with Crippen molar-refractivity contribution in [2.75, 3.05) is 11.9 Å². The zero-order valence-corrected chi connectivity index (χ0v) is 15.9. The number of aromatic carboxylic acids is 1. The maximum absolute atomic E-state index is 12.4. The summed E-state index contributed by atoms with van der Waals surface area (Å²) in [7, 11) is 0. The van der Waals surface area contributed by atoms with Gasteiger partial charge in [0.2, 0.25) is 5.91 Å². The Bertz CT molecular complexity index is 1120. The lowest BCUT2D eigenvalue weighted by Gasteiger charge is -2.26. The lowest BCUT2D eigenvalue weighted by atomic mass is 9.88. The van der Waals surface area contributed by atoms with Crippen molar-refractivity contribution < 1.29 is 24.2 Å². The first-order valence-electron chi connectivity index (χ1n) is 9.29. The Morgan fingerprint density at radius 3 is 2.47 bits per heavy atom. The first-order chi connectivity index (χ1) is 14.4. The summed E-state index contributed by atoms with van der Waals surface area (Å²) < 4.78 is 7.10. The molecule has 152 valence electrons. The van der Waals surface area contributed by atoms with Gasteiger partial charge in [-0.3, -0.25) is 9.59 Å². The molecular formula is C22H19N3O5. The summed E-state index contributed by atoms with van der Waals surface area (Å²) in [6.07, 6.45) is 1.70. The lowest BCUT2D eigenvalue weighted by molar-refractivity contribution is -0.120. The van der Waals surface area contributed by atoms with Crippen LogP contribution in [0.4, 0.5) is 5.69 Å². The number of nitrogens with zero attached hydrogens (tertiary/aromatic N) is 1. The number of primary amides is 1. The molecule has 2 aromatic carbocycles. The van der Waals surface area contributed by atoms with E-state index in [0.29, 0.717) is 17.1 Å². The number of carbonyl (C=O) groups is 3. The number of carboxylic acid groups (broad SMARTS) is 1. The summed E-state index contributed by atoms with van der Waals surface area (Å²) in [5.41, 5.74) is 7.75. The standard InChI is InChI=1S/C22H19N3O5/c23-18(26)12-30-15-8-6-13(7-9-15)16-10-19(27)24-20-17(22(28)29)11-25(21(16)20)14-4-2-1-3-5-14/h1-9,11,16H,10,12H2,(H2,23,26)(H,24,27)(H,28,29)/t16-/m1/s1. The Kier molecular flexibility index (Phi) is 4.97. The Hall–Kier alpha value is -4.07. The largest absolute Gasteiger partial charge is 0.484 e. The lowest BCUT2D eigenvalue weighted by Crippen LogP contribution is -2.25. The molecule has 3 aromatic rings. The van der Waals surface area contributed by atoms with Gasteiger partial charge in [0.25, 0.3) is 5.91 Å². The van der Waals surface area contributed by atoms with Crippen molar-refractivity contribution in [3.8, 4) is 11.4 Å². The van der Waals surface area contributed by atoms with Crippen molar-refractivity contribution in [2.45, 2.75) is 12.3 Å². The number of nitrogens with one attached hydrogen (secondary N) is 1. The molecule has 1 aliphatic rings. The Morgan fingerprint density at radius 1 is 1.13 bits per heavy atom. The topological polar surface area (TPSA) is 124 Å². The SMILES string of the molecule is NC(=O)COc1ccc([C@H]2CC(=O)Nc3c(C(=O)O)cn(-c4ccccc4)c32)cc1. The molecule has 0 unspecified atom stereocenters. The van der Waals surface area contributed by atoms with Crippen LogP contribution in [0.25, 0.3) is 5.69 Å². The van der Waals surface area contributed by atoms with Gasteiger partial charge in [-0.2, -0.15) is 0 Å². The highest BCUT2D eigenvalue weighted by Crippen LogP contribution is 2.41. The molecule has 0 radical (unpaired) electrons. The van der Waals surface area contributed by atoms with E-state index in [1.54, 1.807) is 28.8 Å². The Morgan fingerprint density at radius 2 is 1.83 bits per heavy atom. The summed E-state index contributed by atoms with van der Waals surface area (Å²) in [6, 6.07) is 16.3. The molecular weight excluding hydrogens is 386 g/mol. The van der Waals surface area contributed by atoms with Crippen molar-refractivity contribution in [1.82, 2.24) is 4.57 Å². The van der Waals surface area contributed by atoms with Gasteiger partial charge in [-0.05, 0) is 29.8 Å². The normalized spacial score (nSPS) is 15.2. The molecule has 0 saturated heterocycles. The highest BCUT2D eigenvalue weighted by atomic mass is 16.5. The maximum atomic E-state index is 12.4. The smallest absolute Gasteiger partial charge is 0.339 e. The Balaban J connectivity index is 1.80. The third kappa shape index (κ3) is 3.62. The first-order valence-corrected chi connectivity index (χ1v) is 9.29. The quantitative estimate of drug-likeness (QED) is 0.581. The van der Waals surface area contributed by atoms with E-state index in [9.17, 15) is 19.5 Å². The molecule has 1 aromatic heterocycles. The average molecular weight is 405 g/mol. The number of fused-ring (bicyclic) bond motifs is 1. The van der Waals surface area contributed by atoms with Crippen molar-refractivity contribution >= 4 is 23.5 Å². The summed E-state index contributed by atoms with van der Waals surface area (Å²) in [5, 5.41) is 12.4. The summed E-state index contributed by atoms with van der Waals surface area (Å²) >= 11 is 0. The number of benzene rings is 2. The number of para-hydroxylation sites is 1. The predicted octanol–water partition coefficient (Wildman–Crippen LogP) is 2.51. The molecule has 4 rings (SSSR count). The molecule has 0 fully saturated rings. The van der Waals surface area contributed by atoms with Gasteiger partial charge >= 0.3 is 5.97 Å². The number of ether oxygens (including phenoxy) is 1. The number of hydrogen-bond acceptors (Lipinski definition) is 4. The average Bonchev–Trinajstić information content (AvgIpc) is 3.12. The third-order valence-corrected chi connectivity index (χ3v) is 4.96. The fourth-order valence-electron chi connectivity index (χ4n) is 3.66. The van der Waals surface area contributed by atoms with Crippen LogP contribution in [0.5, 0.6) is 5.75 Å². The van der Waals surface area contributed by atoms with Gasteiger partial charge in [-0.25, -0.2) is 4.79 Å². The van der Waals surface area contributed by atoms with Crippen molar-refractivity contribution in [1.29, 1.82) is 0 Å². The third-order valence-electron chi connectivity index (χ3n) is 4.96. The van der Waals surface area contributed by atoms with Crippen molar-refractivity contribution in [3.63, 3.8) is 0 Å². The summed E-state index contributed by atoms with van der Waals surface area (Å²) in [6.45, 7) is -0.228. The monoisotopic (exact) mass is 405 g/mol. The van der Waals surface area contributed by atoms with E-state index < -0.39 is 11.9 Å². The second kappa shape index (κ2) is 7.75. The Labute approximate surface area is 171 Å². The number of rotatable bonds is 6. The van der Waals surface area contributed by atoms with Crippen LogP contribution in [0.2, 0.25) is 0 Å². The molecule has 0 bridgehead atoms. The van der Waals surface area contributed by atoms with Gasteiger partial charge in [0.1, 0.15) is 11.3 Å². The molecule has 0 saturated carbocycles. The van der Waals surface area contributed by atoms with E-state index in [1.165, 1.54) is 6.20 Å². The molecule has 2 heterocycles. The summed E-state index contributed by atoms with van der Waals surface area (Å²) in [5.74, 6) is -1.82. The van der Waals surface area contributed by atoms with Gasteiger partial charge in [0, 0.05) is 24.2 Å². The maximum Gasteiger partial charge on any atom is 0.339 e. The minimum absolute atomic E-state index is 0.0355. The molecule has 1 aliphatic heterocycles. The van der Waals surface area contributed by atoms with E-state index in [2.05, 4.69) is 5.32 Å². The fourth-order valence-corrected chi connectivity index (χ4v) is 3.66. The predicted molar refractivity (Wildman–Crippen MR) is 109 cm³/mol. The second-order valence-corrected chi connectivity index (χ2v) is 6.94. The van der Waals surface area contributed by atoms with Gasteiger partial charge < -0.3 is 25.5 Å². The van der Waals surface area contributed by atoms with Crippen molar-refractivity contribution in [3.05, 3.63) is 77.6 Å². The minimum Gasteiger partial charge on any atom is -0.484 e. The van der Waals surface area contributed by atoms with Crippen LogP contribution in [0.3, 0.4) is 0 Å². The molecule has 1 atom stereocenters. The number of hydrogen-bond donors (Lipinski definition) is 3. The zero-order valence-electron chi connectivity index (χ0n) is 15.9. The number of anilines is 1. The molecule has 30 heavy (non-hydrogen) atoms. The molecule has 0 aliphatic carbocycles. The van der Waals surface area contributed by atoms with Crippen molar-refractivity contribution in [2.24, 2.45) is 5.73 Å². The van der Waals surface area contributed by atoms with Crippen LogP contribution in [-0.2, 0) is 9.59 Å². The van der Waals surface area contributed by atoms with Gasteiger partial charge in [-0.15, -0.1) is 0 Å². The molecule has 8 nitrogen and oxygen atoms in total. The second-order valence-electron chi connectivity index (χ2n) is 6.94. The van der Waals surface area contributed by atoms with E-state index in [4.69, 9.17) is 10.5 Å². The van der Waals surface area contributed by atoms with E-state index in [1.807, 2.05) is 30.3 Å². The van der Waals surface area contributed by atoms with Crippen LogP contribution in [0.15, 0.2) is 60.8 Å². The van der Waals surface area contributed by atoms with Crippen LogP contribution >= 0.6 is 0 Å². The molecule has 2 amide bonds. The van der Waals surface area contributed by atoms with Crippen LogP contribution in [-0.4, -0.2) is 34.1 Å². The minimum atomic E-state index is -1.11. The number of aromatic nitrogens is 1. The van der Waals surface area contributed by atoms with E-state index in [0.717, 1.165) is 11.3 Å². The fraction of sp³-hybridized carbons (Fsp3) is 0.136. The molecule has 4 N–H and O–H groups in total. The van der Waals surface area contributed by atoms with E-state index in [-0.39, 0.29) is 30.4 Å². The molecule has 8 heteroatoms. The van der Waals surface area contributed by atoms with Crippen LogP contribution in [0, 0.1) is 0 Å². The first kappa shape index (κ1) is 19.3. The van der Waals surface area contributed by atoms with Crippen LogP contribution in [0.1, 0.15) is 34.0 Å². The highest BCUT2D eigenvalue weighted by Gasteiger charge is 2.34. The molecule has 0 spiro atoms. The van der Waals surface area contributed by atoms with Gasteiger partial charge in [0.05, 0.1) is 11.4 Å². The number of carboxylic acids is 1. The van der Waals surface area contributed by atoms with Crippen LogP contribution < -0.4 is 15.8 Å². The zero-order chi connectivity index (χ0) is 21.3. The summed E-state index contributed by atoms with van der Waals surface area (Å²) in [4.78, 5) is 35.1. The highest BCUT2D eigenvalue weighted by molar-refractivity contribution is 6.04. The number of nitrogens with two attached hydrogens (primary N) is 1. The van der Waals surface area contributed by atoms with Gasteiger partial charge in [-0.1, -0.05) is 30.3 Å². The number of carbonyl (C=O) groups excluding carboxylic acids is 2. The van der Waals surface area contributed by atoms with E-state index >= 15 is 0 Å². The number of amides is 2.